The van der Waals surface area contributed by atoms with Crippen molar-refractivity contribution in [1.29, 1.82) is 0 Å². The molecule has 0 heterocycles. The number of rotatable bonds is 2. The lowest BCUT2D eigenvalue weighted by Gasteiger charge is -1.94. The standard InChI is InChI=1S/C7H9BrClF/c1-6(8)3-2-4-7(10)5-9/h6-7H,4-5H2,1H3/t6?,7-/m1/s1. The van der Waals surface area contributed by atoms with Crippen LogP contribution in [-0.2, 0) is 0 Å². The van der Waals surface area contributed by atoms with E-state index >= 15 is 0 Å². The van der Waals surface area contributed by atoms with E-state index in [-0.39, 0.29) is 17.1 Å². The molecule has 0 aromatic carbocycles. The zero-order valence-electron chi connectivity index (χ0n) is 5.70. The highest BCUT2D eigenvalue weighted by Crippen LogP contribution is 1.99. The van der Waals surface area contributed by atoms with Gasteiger partial charge in [-0.05, 0) is 6.92 Å². The van der Waals surface area contributed by atoms with E-state index in [2.05, 4.69) is 27.8 Å². The number of halogens is 3. The van der Waals surface area contributed by atoms with Gasteiger partial charge in [0.05, 0.1) is 10.7 Å². The summed E-state index contributed by atoms with van der Waals surface area (Å²) in [7, 11) is 0. The minimum atomic E-state index is -0.986. The molecule has 0 aliphatic rings. The van der Waals surface area contributed by atoms with E-state index in [1.54, 1.807) is 0 Å². The zero-order valence-corrected chi connectivity index (χ0v) is 8.04. The second kappa shape index (κ2) is 6.00. The maximum Gasteiger partial charge on any atom is 0.124 e. The summed E-state index contributed by atoms with van der Waals surface area (Å²) in [6.45, 7) is 1.89. The smallest absolute Gasteiger partial charge is 0.124 e. The van der Waals surface area contributed by atoms with Crippen molar-refractivity contribution in [1.82, 2.24) is 0 Å². The van der Waals surface area contributed by atoms with Gasteiger partial charge in [0.15, 0.2) is 0 Å². The van der Waals surface area contributed by atoms with Gasteiger partial charge in [0, 0.05) is 6.42 Å². The molecule has 0 rings (SSSR count). The average molecular weight is 228 g/mol. The fraction of sp³-hybridized carbons (Fsp3) is 0.714. The molecule has 0 aliphatic heterocycles. The molecule has 0 aromatic heterocycles. The first-order chi connectivity index (χ1) is 4.66. The van der Waals surface area contributed by atoms with Crippen molar-refractivity contribution in [3.8, 4) is 11.8 Å². The van der Waals surface area contributed by atoms with Gasteiger partial charge in [0.25, 0.3) is 0 Å². The highest BCUT2D eigenvalue weighted by molar-refractivity contribution is 9.09. The third kappa shape index (κ3) is 6.38. The summed E-state index contributed by atoms with van der Waals surface area (Å²) < 4.78 is 12.3. The largest absolute Gasteiger partial charge is 0.245 e. The maximum atomic E-state index is 12.3. The van der Waals surface area contributed by atoms with Gasteiger partial charge < -0.3 is 0 Å². The van der Waals surface area contributed by atoms with Crippen LogP contribution in [0, 0.1) is 11.8 Å². The molecule has 0 saturated heterocycles. The molecule has 0 N–H and O–H groups in total. The average Bonchev–Trinajstić information content (AvgIpc) is 1.87. The maximum absolute atomic E-state index is 12.3. The van der Waals surface area contributed by atoms with Crippen LogP contribution in [0.4, 0.5) is 4.39 Å². The molecule has 0 aliphatic carbocycles. The first-order valence-corrected chi connectivity index (χ1v) is 4.44. The lowest BCUT2D eigenvalue weighted by molar-refractivity contribution is 0.373. The summed E-state index contributed by atoms with van der Waals surface area (Å²) in [4.78, 5) is 0.134. The van der Waals surface area contributed by atoms with Crippen LogP contribution in [0.25, 0.3) is 0 Å². The van der Waals surface area contributed by atoms with Crippen molar-refractivity contribution in [2.45, 2.75) is 24.3 Å². The Hall–Kier alpha value is 0.260. The third-order valence-electron chi connectivity index (χ3n) is 0.792. The Balaban J connectivity index is 3.45. The van der Waals surface area contributed by atoms with Crippen molar-refractivity contribution in [3.05, 3.63) is 0 Å². The number of hydrogen-bond donors (Lipinski definition) is 0. The van der Waals surface area contributed by atoms with Crippen molar-refractivity contribution in [3.63, 3.8) is 0 Å². The Morgan fingerprint density at radius 2 is 2.30 bits per heavy atom. The van der Waals surface area contributed by atoms with Crippen molar-refractivity contribution in [2.24, 2.45) is 0 Å². The Kier molecular flexibility index (Phi) is 6.16. The fourth-order valence-electron chi connectivity index (χ4n) is 0.365. The van der Waals surface area contributed by atoms with E-state index in [0.29, 0.717) is 0 Å². The minimum Gasteiger partial charge on any atom is -0.245 e. The van der Waals surface area contributed by atoms with Crippen LogP contribution in [0.15, 0.2) is 0 Å². The van der Waals surface area contributed by atoms with Gasteiger partial charge in [-0.3, -0.25) is 0 Å². The van der Waals surface area contributed by atoms with Crippen LogP contribution in [0.3, 0.4) is 0 Å². The zero-order chi connectivity index (χ0) is 7.98. The van der Waals surface area contributed by atoms with Gasteiger partial charge in [-0.2, -0.15) is 0 Å². The molecule has 0 amide bonds. The molecular formula is C7H9BrClF. The van der Waals surface area contributed by atoms with Gasteiger partial charge in [-0.15, -0.1) is 11.6 Å². The molecule has 0 radical (unpaired) electrons. The SMILES string of the molecule is CC(Br)C#CC[C@@H](F)CCl. The Morgan fingerprint density at radius 1 is 1.70 bits per heavy atom. The molecule has 3 heteroatoms. The molecule has 0 bridgehead atoms. The summed E-state index contributed by atoms with van der Waals surface area (Å²) >= 11 is 8.43. The van der Waals surface area contributed by atoms with Crippen molar-refractivity contribution >= 4 is 27.5 Å². The van der Waals surface area contributed by atoms with Crippen LogP contribution in [0.2, 0.25) is 0 Å². The predicted molar refractivity (Wildman–Crippen MR) is 46.4 cm³/mol. The van der Waals surface area contributed by atoms with Crippen LogP contribution in [-0.4, -0.2) is 16.9 Å². The van der Waals surface area contributed by atoms with E-state index in [0.717, 1.165) is 0 Å². The first kappa shape index (κ1) is 10.3. The van der Waals surface area contributed by atoms with Crippen LogP contribution in [0.5, 0.6) is 0 Å². The molecule has 2 atom stereocenters. The second-order valence-corrected chi connectivity index (χ2v) is 3.57. The summed E-state index contributed by atoms with van der Waals surface area (Å²) in [5.41, 5.74) is 0. The lowest BCUT2D eigenvalue weighted by atomic mass is 10.3. The van der Waals surface area contributed by atoms with E-state index < -0.39 is 6.17 Å². The van der Waals surface area contributed by atoms with Crippen LogP contribution in [0.1, 0.15) is 13.3 Å². The van der Waals surface area contributed by atoms with Gasteiger partial charge in [0.1, 0.15) is 6.17 Å². The van der Waals surface area contributed by atoms with Crippen molar-refractivity contribution < 1.29 is 4.39 Å². The topological polar surface area (TPSA) is 0 Å². The molecule has 0 fully saturated rings. The highest BCUT2D eigenvalue weighted by Gasteiger charge is 1.99. The monoisotopic (exact) mass is 226 g/mol. The molecule has 0 aromatic rings. The van der Waals surface area contributed by atoms with E-state index in [1.165, 1.54) is 0 Å². The summed E-state index contributed by atoms with van der Waals surface area (Å²) in [6, 6.07) is 0. The summed E-state index contributed by atoms with van der Waals surface area (Å²) in [5, 5.41) is 0. The van der Waals surface area contributed by atoms with E-state index in [1.807, 2.05) is 6.92 Å². The molecule has 0 spiro atoms. The first-order valence-electron chi connectivity index (χ1n) is 2.99. The molecule has 58 valence electrons. The molecule has 0 nitrogen and oxygen atoms in total. The summed E-state index contributed by atoms with van der Waals surface area (Å²) in [5.74, 6) is 5.49. The quantitative estimate of drug-likeness (QED) is 0.503. The van der Waals surface area contributed by atoms with Gasteiger partial charge in [-0.1, -0.05) is 27.8 Å². The molecule has 0 saturated carbocycles. The van der Waals surface area contributed by atoms with E-state index in [4.69, 9.17) is 11.6 Å². The van der Waals surface area contributed by atoms with Gasteiger partial charge >= 0.3 is 0 Å². The van der Waals surface area contributed by atoms with Crippen molar-refractivity contribution in [2.75, 3.05) is 5.88 Å². The van der Waals surface area contributed by atoms with Gasteiger partial charge in [0.2, 0.25) is 0 Å². The number of hydrogen-bond acceptors (Lipinski definition) is 0. The van der Waals surface area contributed by atoms with Crippen LogP contribution < -0.4 is 0 Å². The molecular weight excluding hydrogens is 218 g/mol. The fourth-order valence-corrected chi connectivity index (χ4v) is 0.636. The minimum absolute atomic E-state index is 0.0331. The highest BCUT2D eigenvalue weighted by atomic mass is 79.9. The normalized spacial score (nSPS) is 15.2. The van der Waals surface area contributed by atoms with Gasteiger partial charge in [-0.25, -0.2) is 4.39 Å². The third-order valence-corrected chi connectivity index (χ3v) is 1.36. The lowest BCUT2D eigenvalue weighted by Crippen LogP contribution is -1.99. The Labute approximate surface area is 74.3 Å². The summed E-state index contributed by atoms with van der Waals surface area (Å²) in [6.07, 6.45) is -0.750. The molecule has 1 unspecified atom stereocenters. The Bertz CT molecular complexity index is 136. The predicted octanol–water partition coefficient (Wildman–Crippen LogP) is 2.74. The Morgan fingerprint density at radius 3 is 2.70 bits per heavy atom. The molecule has 10 heavy (non-hydrogen) atoms. The number of alkyl halides is 3. The van der Waals surface area contributed by atoms with Crippen LogP contribution >= 0.6 is 27.5 Å². The van der Waals surface area contributed by atoms with E-state index in [9.17, 15) is 4.39 Å². The second-order valence-electron chi connectivity index (χ2n) is 1.89.